The summed E-state index contributed by atoms with van der Waals surface area (Å²) in [6.45, 7) is 1.00. The van der Waals surface area contributed by atoms with E-state index in [0.29, 0.717) is 18.9 Å². The van der Waals surface area contributed by atoms with Crippen molar-refractivity contribution in [1.82, 2.24) is 9.88 Å². The molecule has 126 valence electrons. The van der Waals surface area contributed by atoms with Gasteiger partial charge in [0.05, 0.1) is 5.56 Å². The molecule has 1 aliphatic rings. The molecule has 7 heteroatoms. The zero-order valence-corrected chi connectivity index (χ0v) is 13.3. The van der Waals surface area contributed by atoms with Crippen LogP contribution in [0.3, 0.4) is 0 Å². The average Bonchev–Trinajstić information content (AvgIpc) is 3.25. The maximum Gasteiger partial charge on any atom is 0.335 e. The van der Waals surface area contributed by atoms with Gasteiger partial charge in [-0.3, -0.25) is 4.79 Å². The highest BCUT2D eigenvalue weighted by atomic mass is 16.5. The number of amides is 1. The second kappa shape index (κ2) is 6.84. The van der Waals surface area contributed by atoms with Crippen LogP contribution in [0.5, 0.6) is 0 Å². The summed E-state index contributed by atoms with van der Waals surface area (Å²) in [6, 6.07) is 6.42. The smallest absolute Gasteiger partial charge is 0.335 e. The van der Waals surface area contributed by atoms with E-state index in [9.17, 15) is 9.59 Å². The second-order valence-electron chi connectivity index (χ2n) is 5.73. The number of benzene rings is 1. The van der Waals surface area contributed by atoms with Gasteiger partial charge in [0.25, 0.3) is 5.91 Å². The third-order valence-corrected chi connectivity index (χ3v) is 3.99. The second-order valence-corrected chi connectivity index (χ2v) is 5.73. The van der Waals surface area contributed by atoms with Crippen LogP contribution in [0.1, 0.15) is 51.1 Å². The van der Waals surface area contributed by atoms with Gasteiger partial charge in [0.15, 0.2) is 17.8 Å². The Hall–Kier alpha value is -2.67. The summed E-state index contributed by atoms with van der Waals surface area (Å²) in [5.74, 6) is -0.753. The third-order valence-electron chi connectivity index (χ3n) is 3.99. The Balaban J connectivity index is 1.71. The summed E-state index contributed by atoms with van der Waals surface area (Å²) in [6.07, 6.45) is 2.80. The maximum atomic E-state index is 12.6. The Labute approximate surface area is 138 Å². The summed E-state index contributed by atoms with van der Waals surface area (Å²) in [7, 11) is 1.67. The molecule has 1 aromatic heterocycles. The zero-order chi connectivity index (χ0) is 17.1. The molecule has 2 aromatic rings. The van der Waals surface area contributed by atoms with E-state index in [1.54, 1.807) is 19.2 Å². The van der Waals surface area contributed by atoms with E-state index < -0.39 is 5.97 Å². The first-order valence-electron chi connectivity index (χ1n) is 7.69. The van der Waals surface area contributed by atoms with Crippen molar-refractivity contribution in [2.75, 3.05) is 13.7 Å². The van der Waals surface area contributed by atoms with Crippen molar-refractivity contribution < 1.29 is 23.8 Å². The molecule has 0 unspecified atom stereocenters. The number of ether oxygens (including phenoxy) is 1. The number of nitrogens with zero attached hydrogens (tertiary/aromatic N) is 2. The number of carboxylic acid groups (broad SMARTS) is 1. The van der Waals surface area contributed by atoms with Crippen LogP contribution in [0.2, 0.25) is 0 Å². The summed E-state index contributed by atoms with van der Waals surface area (Å²) in [4.78, 5) is 29.0. The topological polar surface area (TPSA) is 92.9 Å². The molecule has 0 radical (unpaired) electrons. The number of carbonyl (C=O) groups excluding carboxylic acids is 1. The molecule has 0 bridgehead atoms. The highest BCUT2D eigenvalue weighted by molar-refractivity contribution is 5.93. The molecule has 2 heterocycles. The fraction of sp³-hybridized carbons (Fsp3) is 0.353. The Morgan fingerprint density at radius 3 is 2.71 bits per heavy atom. The van der Waals surface area contributed by atoms with E-state index in [1.165, 1.54) is 23.4 Å². The van der Waals surface area contributed by atoms with Crippen molar-refractivity contribution in [3.05, 3.63) is 53.2 Å². The van der Waals surface area contributed by atoms with Gasteiger partial charge >= 0.3 is 5.97 Å². The molecule has 3 rings (SSSR count). The fourth-order valence-electron chi connectivity index (χ4n) is 2.71. The summed E-state index contributed by atoms with van der Waals surface area (Å²) < 4.78 is 10.9. The minimum Gasteiger partial charge on any atom is -0.478 e. The molecule has 7 nitrogen and oxygen atoms in total. The number of rotatable bonds is 5. The first kappa shape index (κ1) is 16.2. The van der Waals surface area contributed by atoms with Crippen LogP contribution in [0, 0.1) is 0 Å². The molecule has 0 spiro atoms. The van der Waals surface area contributed by atoms with Crippen LogP contribution in [0.4, 0.5) is 0 Å². The number of aromatic carboxylic acids is 1. The van der Waals surface area contributed by atoms with Gasteiger partial charge in [0, 0.05) is 20.2 Å². The summed E-state index contributed by atoms with van der Waals surface area (Å²) >= 11 is 0. The summed E-state index contributed by atoms with van der Waals surface area (Å²) in [5, 5.41) is 8.91. The monoisotopic (exact) mass is 330 g/mol. The zero-order valence-electron chi connectivity index (χ0n) is 13.3. The minimum atomic E-state index is -0.977. The predicted octanol–water partition coefficient (Wildman–Crippen LogP) is 2.50. The third kappa shape index (κ3) is 3.30. The number of hydrogen-bond donors (Lipinski definition) is 1. The number of hydrogen-bond acceptors (Lipinski definition) is 5. The molecule has 1 N–H and O–H groups in total. The Morgan fingerprint density at radius 2 is 2.08 bits per heavy atom. The highest BCUT2D eigenvalue weighted by Gasteiger charge is 2.29. The lowest BCUT2D eigenvalue weighted by Crippen LogP contribution is -2.27. The van der Waals surface area contributed by atoms with Gasteiger partial charge in [-0.1, -0.05) is 12.1 Å². The standard InChI is InChI=1S/C17H18N2O5/c1-19(9-11-4-6-12(7-5-11)17(21)22)16(20)14-15(24-10-18-14)13-3-2-8-23-13/h4-7,10,13H,2-3,8-9H2,1H3,(H,21,22)/t13-/m1/s1. The Morgan fingerprint density at radius 1 is 1.33 bits per heavy atom. The normalized spacial score (nSPS) is 17.0. The SMILES string of the molecule is CN(Cc1ccc(C(=O)O)cc1)C(=O)c1ncoc1[C@H]1CCCO1. The largest absolute Gasteiger partial charge is 0.478 e. The van der Waals surface area contributed by atoms with Gasteiger partial charge in [0.1, 0.15) is 6.10 Å². The quantitative estimate of drug-likeness (QED) is 0.905. The van der Waals surface area contributed by atoms with Gasteiger partial charge in [-0.25, -0.2) is 9.78 Å². The lowest BCUT2D eigenvalue weighted by atomic mass is 10.1. The molecule has 1 fully saturated rings. The first-order chi connectivity index (χ1) is 11.6. The number of oxazole rings is 1. The van der Waals surface area contributed by atoms with Crippen LogP contribution >= 0.6 is 0 Å². The highest BCUT2D eigenvalue weighted by Crippen LogP contribution is 2.31. The van der Waals surface area contributed by atoms with Crippen molar-refractivity contribution in [3.63, 3.8) is 0 Å². The Kier molecular flexibility index (Phi) is 4.61. The molecular formula is C17H18N2O5. The van der Waals surface area contributed by atoms with Crippen molar-refractivity contribution in [3.8, 4) is 0 Å². The fourth-order valence-corrected chi connectivity index (χ4v) is 2.71. The van der Waals surface area contributed by atoms with E-state index >= 15 is 0 Å². The van der Waals surface area contributed by atoms with Gasteiger partial charge in [0.2, 0.25) is 0 Å². The average molecular weight is 330 g/mol. The van der Waals surface area contributed by atoms with E-state index in [1.807, 2.05) is 0 Å². The van der Waals surface area contributed by atoms with Crippen LogP contribution < -0.4 is 0 Å². The Bertz CT molecular complexity index is 732. The summed E-state index contributed by atoms with van der Waals surface area (Å²) in [5.41, 5.74) is 1.31. The number of aromatic nitrogens is 1. The lowest BCUT2D eigenvalue weighted by Gasteiger charge is -2.17. The van der Waals surface area contributed by atoms with Gasteiger partial charge in [-0.2, -0.15) is 0 Å². The molecule has 1 atom stereocenters. The number of carboxylic acids is 1. The van der Waals surface area contributed by atoms with Gasteiger partial charge in [-0.15, -0.1) is 0 Å². The van der Waals surface area contributed by atoms with Gasteiger partial charge < -0.3 is 19.2 Å². The van der Waals surface area contributed by atoms with E-state index in [4.69, 9.17) is 14.3 Å². The van der Waals surface area contributed by atoms with Crippen molar-refractivity contribution in [2.45, 2.75) is 25.5 Å². The van der Waals surface area contributed by atoms with E-state index in [-0.39, 0.29) is 23.3 Å². The van der Waals surface area contributed by atoms with Crippen molar-refractivity contribution >= 4 is 11.9 Å². The van der Waals surface area contributed by atoms with Crippen LogP contribution in [-0.2, 0) is 11.3 Å². The predicted molar refractivity (Wildman–Crippen MR) is 83.6 cm³/mol. The molecule has 24 heavy (non-hydrogen) atoms. The van der Waals surface area contributed by atoms with Crippen molar-refractivity contribution in [2.24, 2.45) is 0 Å². The molecule has 1 saturated heterocycles. The molecule has 1 aliphatic heterocycles. The molecule has 1 amide bonds. The van der Waals surface area contributed by atoms with Crippen LogP contribution in [0.15, 0.2) is 35.1 Å². The molecular weight excluding hydrogens is 312 g/mol. The van der Waals surface area contributed by atoms with Crippen molar-refractivity contribution in [1.29, 1.82) is 0 Å². The minimum absolute atomic E-state index is 0.213. The van der Waals surface area contributed by atoms with Gasteiger partial charge in [-0.05, 0) is 30.5 Å². The lowest BCUT2D eigenvalue weighted by molar-refractivity contribution is 0.0695. The molecule has 1 aromatic carbocycles. The number of carbonyl (C=O) groups is 2. The van der Waals surface area contributed by atoms with E-state index in [0.717, 1.165) is 18.4 Å². The van der Waals surface area contributed by atoms with Crippen LogP contribution in [0.25, 0.3) is 0 Å². The maximum absolute atomic E-state index is 12.6. The molecule has 0 aliphatic carbocycles. The van der Waals surface area contributed by atoms with Crippen LogP contribution in [-0.4, -0.2) is 40.5 Å². The first-order valence-corrected chi connectivity index (χ1v) is 7.69. The van der Waals surface area contributed by atoms with E-state index in [2.05, 4.69) is 4.98 Å². The molecule has 0 saturated carbocycles.